The molecule has 0 aromatic heterocycles. The van der Waals surface area contributed by atoms with Crippen LogP contribution in [-0.4, -0.2) is 11.1 Å². The van der Waals surface area contributed by atoms with Crippen LogP contribution in [0.15, 0.2) is 16.6 Å². The van der Waals surface area contributed by atoms with Gasteiger partial charge in [0.2, 0.25) is 0 Å². The van der Waals surface area contributed by atoms with Crippen LogP contribution in [0.4, 0.5) is 4.39 Å². The minimum Gasteiger partial charge on any atom is -0.293 e. The number of ketones is 1. The first-order valence-electron chi connectivity index (χ1n) is 3.61. The normalized spacial score (nSPS) is 10.2. The highest BCUT2D eigenvalue weighted by molar-refractivity contribution is 9.10. The van der Waals surface area contributed by atoms with Gasteiger partial charge in [-0.25, -0.2) is 4.39 Å². The highest BCUT2D eigenvalue weighted by atomic mass is 79.9. The first-order valence-corrected chi connectivity index (χ1v) is 5.53. The average Bonchev–Trinajstić information content (AvgIpc) is 2.12. The molecule has 13 heavy (non-hydrogen) atoms. The summed E-state index contributed by atoms with van der Waals surface area (Å²) in [5, 5.41) is 0.204. The Morgan fingerprint density at radius 3 is 2.69 bits per heavy atom. The zero-order valence-corrected chi connectivity index (χ0v) is 10.1. The van der Waals surface area contributed by atoms with Crippen molar-refractivity contribution in [3.05, 3.63) is 33.5 Å². The Hall–Kier alpha value is -0.220. The van der Waals surface area contributed by atoms with Crippen LogP contribution in [0.3, 0.4) is 0 Å². The van der Waals surface area contributed by atoms with Crippen LogP contribution in [0.2, 0.25) is 0 Å². The van der Waals surface area contributed by atoms with E-state index in [9.17, 15) is 9.18 Å². The van der Waals surface area contributed by atoms with E-state index in [0.717, 1.165) is 0 Å². The molecule has 0 aliphatic carbocycles. The molecule has 0 saturated heterocycles. The largest absolute Gasteiger partial charge is 0.293 e. The molecule has 1 aromatic rings. The molecule has 0 saturated carbocycles. The Balaban J connectivity index is 3.33. The van der Waals surface area contributed by atoms with E-state index in [2.05, 4.69) is 31.9 Å². The Morgan fingerprint density at radius 2 is 2.15 bits per heavy atom. The van der Waals surface area contributed by atoms with Gasteiger partial charge in [0.25, 0.3) is 0 Å². The number of halogens is 3. The van der Waals surface area contributed by atoms with Crippen LogP contribution in [0, 0.1) is 12.7 Å². The zero-order valence-electron chi connectivity index (χ0n) is 6.90. The number of hydrogen-bond donors (Lipinski definition) is 0. The summed E-state index contributed by atoms with van der Waals surface area (Å²) in [4.78, 5) is 11.4. The van der Waals surface area contributed by atoms with Gasteiger partial charge in [-0.15, -0.1) is 0 Å². The summed E-state index contributed by atoms with van der Waals surface area (Å²) in [6.45, 7) is 1.59. The standard InChI is InChI=1S/C9H7Br2FO/c1-5-7(12)3-2-6(11)9(5)8(13)4-10/h2-3H,4H2,1H3. The third-order valence-corrected chi connectivity index (χ3v) is 2.92. The molecule has 1 aromatic carbocycles. The second-order valence-corrected chi connectivity index (χ2v) is 4.00. The van der Waals surface area contributed by atoms with Crippen molar-refractivity contribution >= 4 is 37.6 Å². The second kappa shape index (κ2) is 4.33. The van der Waals surface area contributed by atoms with Crippen LogP contribution in [0.5, 0.6) is 0 Å². The summed E-state index contributed by atoms with van der Waals surface area (Å²) >= 11 is 6.27. The Kier molecular flexibility index (Phi) is 3.62. The third-order valence-electron chi connectivity index (χ3n) is 1.75. The minimum absolute atomic E-state index is 0.121. The van der Waals surface area contributed by atoms with Gasteiger partial charge in [0, 0.05) is 10.0 Å². The molecular weight excluding hydrogens is 303 g/mol. The van der Waals surface area contributed by atoms with Crippen molar-refractivity contribution in [1.29, 1.82) is 0 Å². The maximum atomic E-state index is 13.1. The molecule has 1 nitrogen and oxygen atoms in total. The summed E-state index contributed by atoms with van der Waals surface area (Å²) in [6.07, 6.45) is 0. The molecule has 0 amide bonds. The van der Waals surface area contributed by atoms with Gasteiger partial charge in [-0.05, 0) is 24.6 Å². The molecule has 0 spiro atoms. The molecule has 0 radical (unpaired) electrons. The molecule has 0 bridgehead atoms. The van der Waals surface area contributed by atoms with Gasteiger partial charge < -0.3 is 0 Å². The summed E-state index contributed by atoms with van der Waals surface area (Å²) in [7, 11) is 0. The van der Waals surface area contributed by atoms with E-state index in [-0.39, 0.29) is 16.9 Å². The maximum Gasteiger partial charge on any atom is 0.174 e. The molecule has 0 aliphatic heterocycles. The lowest BCUT2D eigenvalue weighted by Crippen LogP contribution is -2.05. The lowest BCUT2D eigenvalue weighted by Gasteiger charge is -2.06. The SMILES string of the molecule is Cc1c(F)ccc(Br)c1C(=O)CBr. The average molecular weight is 310 g/mol. The fourth-order valence-corrected chi connectivity index (χ4v) is 1.99. The molecule has 0 unspecified atom stereocenters. The van der Waals surface area contributed by atoms with Crippen LogP contribution in [-0.2, 0) is 0 Å². The van der Waals surface area contributed by atoms with Crippen molar-refractivity contribution in [3.63, 3.8) is 0 Å². The van der Waals surface area contributed by atoms with Crippen molar-refractivity contribution in [2.75, 3.05) is 5.33 Å². The molecule has 0 aliphatic rings. The number of Topliss-reactive ketones (excluding diaryl/α,β-unsaturated/α-hetero) is 1. The second-order valence-electron chi connectivity index (χ2n) is 2.59. The fraction of sp³-hybridized carbons (Fsp3) is 0.222. The molecule has 1 rings (SSSR count). The van der Waals surface area contributed by atoms with Crippen LogP contribution in [0.25, 0.3) is 0 Å². The fourth-order valence-electron chi connectivity index (χ4n) is 1.06. The van der Waals surface area contributed by atoms with Gasteiger partial charge in [0.15, 0.2) is 5.78 Å². The molecule has 70 valence electrons. The third kappa shape index (κ3) is 2.17. The number of rotatable bonds is 2. The van der Waals surface area contributed by atoms with Crippen LogP contribution >= 0.6 is 31.9 Å². The number of alkyl halides is 1. The Morgan fingerprint density at radius 1 is 1.54 bits per heavy atom. The number of benzene rings is 1. The Labute approximate surface area is 92.6 Å². The van der Waals surface area contributed by atoms with E-state index in [0.29, 0.717) is 15.6 Å². The molecule has 0 heterocycles. The quantitative estimate of drug-likeness (QED) is 0.604. The van der Waals surface area contributed by atoms with Crippen LogP contribution in [0.1, 0.15) is 15.9 Å². The van der Waals surface area contributed by atoms with Gasteiger partial charge in [-0.1, -0.05) is 31.9 Å². The van der Waals surface area contributed by atoms with Crippen molar-refractivity contribution in [2.45, 2.75) is 6.92 Å². The minimum atomic E-state index is -0.354. The summed E-state index contributed by atoms with van der Waals surface area (Å²) in [6, 6.07) is 2.88. The first kappa shape index (κ1) is 10.9. The Bertz CT molecular complexity index is 350. The molecule has 0 atom stereocenters. The van der Waals surface area contributed by atoms with E-state index in [4.69, 9.17) is 0 Å². The monoisotopic (exact) mass is 308 g/mol. The predicted molar refractivity (Wildman–Crippen MR) is 57.0 cm³/mol. The highest BCUT2D eigenvalue weighted by Gasteiger charge is 2.14. The van der Waals surface area contributed by atoms with Crippen molar-refractivity contribution in [3.8, 4) is 0 Å². The highest BCUT2D eigenvalue weighted by Crippen LogP contribution is 2.23. The van der Waals surface area contributed by atoms with Crippen molar-refractivity contribution in [2.24, 2.45) is 0 Å². The van der Waals surface area contributed by atoms with Crippen molar-refractivity contribution in [1.82, 2.24) is 0 Å². The van der Waals surface area contributed by atoms with E-state index in [1.165, 1.54) is 12.1 Å². The number of carbonyl (C=O) groups is 1. The number of carbonyl (C=O) groups excluding carboxylic acids is 1. The van der Waals surface area contributed by atoms with Crippen LogP contribution < -0.4 is 0 Å². The van der Waals surface area contributed by atoms with E-state index < -0.39 is 0 Å². The van der Waals surface area contributed by atoms with Gasteiger partial charge in [0.05, 0.1) is 5.33 Å². The van der Waals surface area contributed by atoms with E-state index in [1.807, 2.05) is 0 Å². The number of hydrogen-bond acceptors (Lipinski definition) is 1. The first-order chi connectivity index (χ1) is 6.07. The predicted octanol–water partition coefficient (Wildman–Crippen LogP) is 3.47. The lowest BCUT2D eigenvalue weighted by molar-refractivity contribution is 0.102. The van der Waals surface area contributed by atoms with Gasteiger partial charge in [-0.2, -0.15) is 0 Å². The van der Waals surface area contributed by atoms with Gasteiger partial charge >= 0.3 is 0 Å². The zero-order chi connectivity index (χ0) is 10.0. The summed E-state index contributed by atoms with van der Waals surface area (Å²) in [5.41, 5.74) is 0.802. The maximum absolute atomic E-state index is 13.1. The van der Waals surface area contributed by atoms with Gasteiger partial charge in [-0.3, -0.25) is 4.79 Å². The molecule has 0 fully saturated rings. The molecular formula is C9H7Br2FO. The lowest BCUT2D eigenvalue weighted by atomic mass is 10.1. The van der Waals surface area contributed by atoms with Gasteiger partial charge in [0.1, 0.15) is 5.82 Å². The van der Waals surface area contributed by atoms with E-state index in [1.54, 1.807) is 6.92 Å². The van der Waals surface area contributed by atoms with E-state index >= 15 is 0 Å². The summed E-state index contributed by atoms with van der Waals surface area (Å²) < 4.78 is 13.7. The van der Waals surface area contributed by atoms with Crippen molar-refractivity contribution < 1.29 is 9.18 Å². The smallest absolute Gasteiger partial charge is 0.174 e. The molecule has 4 heteroatoms. The topological polar surface area (TPSA) is 17.1 Å². The molecule has 0 N–H and O–H groups in total. The summed E-state index contributed by atoms with van der Waals surface area (Å²) in [5.74, 6) is -0.476.